The summed E-state index contributed by atoms with van der Waals surface area (Å²) >= 11 is 1.65. The molecule has 0 unspecified atom stereocenters. The molecule has 0 spiro atoms. The van der Waals surface area contributed by atoms with Gasteiger partial charge in [-0.25, -0.2) is 0 Å². The Morgan fingerprint density at radius 2 is 1.37 bits per heavy atom. The lowest BCUT2D eigenvalue weighted by atomic mass is 9.98. The molecule has 0 bridgehead atoms. The molecule has 0 saturated carbocycles. The van der Waals surface area contributed by atoms with E-state index in [1.807, 2.05) is 24.3 Å². The molecule has 0 amide bonds. The maximum Gasteiger partial charge on any atom is 0.203 e. The number of hydrogen-bond donors (Lipinski definition) is 0. The Hall–Kier alpha value is -2.86. The van der Waals surface area contributed by atoms with Crippen LogP contribution in [-0.4, -0.2) is 34.5 Å². The number of ether oxygens (including phenoxy) is 5. The van der Waals surface area contributed by atoms with E-state index in [0.717, 1.165) is 33.8 Å². The molecule has 1 aromatic heterocycles. The summed E-state index contributed by atoms with van der Waals surface area (Å²) in [7, 11) is 4.85. The summed E-state index contributed by atoms with van der Waals surface area (Å²) in [5.41, 5.74) is 4.28. The molecule has 0 fully saturated rings. The Labute approximate surface area is 162 Å². The highest BCUT2D eigenvalue weighted by Gasteiger charge is 2.18. The molecule has 2 aromatic carbocycles. The minimum atomic E-state index is 0.569. The Bertz CT molecular complexity index is 938. The molecule has 1 aliphatic rings. The van der Waals surface area contributed by atoms with Gasteiger partial charge in [-0.1, -0.05) is 6.07 Å². The molecule has 3 aromatic rings. The summed E-state index contributed by atoms with van der Waals surface area (Å²) in [4.78, 5) is 0. The highest BCUT2D eigenvalue weighted by atomic mass is 32.1. The molecule has 140 valence electrons. The van der Waals surface area contributed by atoms with Gasteiger partial charge in [0.1, 0.15) is 13.2 Å². The molecule has 4 rings (SSSR count). The maximum atomic E-state index is 5.73. The zero-order chi connectivity index (χ0) is 18.8. The van der Waals surface area contributed by atoms with Crippen molar-refractivity contribution >= 4 is 11.3 Å². The van der Waals surface area contributed by atoms with Crippen LogP contribution < -0.4 is 23.7 Å². The lowest BCUT2D eigenvalue weighted by molar-refractivity contribution is 0.171. The standard InChI is InChI=1S/C21H20O5S/c1-22-19-9-14(10-20(23-2)21(19)24-3)16-12-27-11-15(16)13-4-5-17-18(8-13)26-7-6-25-17/h4-5,8-12H,6-7H2,1-3H3. The van der Waals surface area contributed by atoms with Gasteiger partial charge in [0, 0.05) is 11.1 Å². The van der Waals surface area contributed by atoms with Crippen molar-refractivity contribution in [2.75, 3.05) is 34.5 Å². The largest absolute Gasteiger partial charge is 0.493 e. The first-order valence-corrected chi connectivity index (χ1v) is 9.46. The van der Waals surface area contributed by atoms with E-state index in [-0.39, 0.29) is 0 Å². The maximum absolute atomic E-state index is 5.73. The number of benzene rings is 2. The normalized spacial score (nSPS) is 12.6. The summed E-state index contributed by atoms with van der Waals surface area (Å²) < 4.78 is 27.8. The molecule has 2 heterocycles. The molecule has 27 heavy (non-hydrogen) atoms. The lowest BCUT2D eigenvalue weighted by Crippen LogP contribution is -2.15. The monoisotopic (exact) mass is 384 g/mol. The molecular weight excluding hydrogens is 364 g/mol. The van der Waals surface area contributed by atoms with Gasteiger partial charge >= 0.3 is 0 Å². The summed E-state index contributed by atoms with van der Waals surface area (Å²) in [6.07, 6.45) is 0. The molecular formula is C21H20O5S. The van der Waals surface area contributed by atoms with Crippen LogP contribution in [0.1, 0.15) is 0 Å². The first-order chi connectivity index (χ1) is 13.2. The van der Waals surface area contributed by atoms with E-state index in [1.165, 1.54) is 0 Å². The minimum Gasteiger partial charge on any atom is -0.493 e. The summed E-state index contributed by atoms with van der Waals surface area (Å²) in [6.45, 7) is 1.15. The van der Waals surface area contributed by atoms with E-state index in [1.54, 1.807) is 32.7 Å². The van der Waals surface area contributed by atoms with E-state index in [0.29, 0.717) is 30.5 Å². The molecule has 1 aliphatic heterocycles. The second-order valence-corrected chi connectivity index (χ2v) is 6.72. The Morgan fingerprint density at radius 3 is 2.00 bits per heavy atom. The number of methoxy groups -OCH3 is 3. The predicted octanol–water partition coefficient (Wildman–Crippen LogP) is 4.88. The van der Waals surface area contributed by atoms with Crippen molar-refractivity contribution in [3.8, 4) is 51.0 Å². The Morgan fingerprint density at radius 1 is 0.741 bits per heavy atom. The van der Waals surface area contributed by atoms with Crippen LogP contribution in [-0.2, 0) is 0 Å². The van der Waals surface area contributed by atoms with Gasteiger partial charge in [-0.3, -0.25) is 0 Å². The fraction of sp³-hybridized carbons (Fsp3) is 0.238. The first-order valence-electron chi connectivity index (χ1n) is 8.51. The highest BCUT2D eigenvalue weighted by molar-refractivity contribution is 7.08. The quantitative estimate of drug-likeness (QED) is 0.627. The third-order valence-corrected chi connectivity index (χ3v) is 5.23. The fourth-order valence-corrected chi connectivity index (χ4v) is 4.06. The van der Waals surface area contributed by atoms with Gasteiger partial charge in [0.25, 0.3) is 0 Å². The first kappa shape index (κ1) is 17.5. The molecule has 0 saturated heterocycles. The molecule has 0 N–H and O–H groups in total. The fourth-order valence-electron chi connectivity index (χ4n) is 3.19. The van der Waals surface area contributed by atoms with E-state index >= 15 is 0 Å². The number of thiophene rings is 1. The molecule has 6 heteroatoms. The van der Waals surface area contributed by atoms with Crippen LogP contribution in [0.4, 0.5) is 0 Å². The van der Waals surface area contributed by atoms with Crippen molar-refractivity contribution in [3.63, 3.8) is 0 Å². The van der Waals surface area contributed by atoms with Gasteiger partial charge in [-0.05, 0) is 46.2 Å². The second-order valence-electron chi connectivity index (χ2n) is 5.97. The topological polar surface area (TPSA) is 46.2 Å². The lowest BCUT2D eigenvalue weighted by Gasteiger charge is -2.19. The van der Waals surface area contributed by atoms with Crippen LogP contribution in [0.15, 0.2) is 41.1 Å². The zero-order valence-corrected chi connectivity index (χ0v) is 16.2. The average Bonchev–Trinajstić information content (AvgIpc) is 3.22. The van der Waals surface area contributed by atoms with E-state index < -0.39 is 0 Å². The van der Waals surface area contributed by atoms with Crippen LogP contribution in [0.3, 0.4) is 0 Å². The van der Waals surface area contributed by atoms with Crippen molar-refractivity contribution in [2.24, 2.45) is 0 Å². The Kier molecular flexibility index (Phi) is 4.81. The number of rotatable bonds is 5. The van der Waals surface area contributed by atoms with Crippen molar-refractivity contribution in [1.29, 1.82) is 0 Å². The van der Waals surface area contributed by atoms with Crippen molar-refractivity contribution in [3.05, 3.63) is 41.1 Å². The van der Waals surface area contributed by atoms with E-state index in [2.05, 4.69) is 16.8 Å². The summed E-state index contributed by atoms with van der Waals surface area (Å²) in [6, 6.07) is 9.96. The third kappa shape index (κ3) is 3.17. The Balaban J connectivity index is 1.81. The highest BCUT2D eigenvalue weighted by Crippen LogP contribution is 2.45. The predicted molar refractivity (Wildman–Crippen MR) is 106 cm³/mol. The zero-order valence-electron chi connectivity index (χ0n) is 15.4. The van der Waals surface area contributed by atoms with Crippen LogP contribution >= 0.6 is 11.3 Å². The third-order valence-electron chi connectivity index (χ3n) is 4.49. The van der Waals surface area contributed by atoms with E-state index in [4.69, 9.17) is 23.7 Å². The van der Waals surface area contributed by atoms with Gasteiger partial charge < -0.3 is 23.7 Å². The summed E-state index contributed by atoms with van der Waals surface area (Å²) in [5, 5.41) is 4.25. The van der Waals surface area contributed by atoms with Crippen LogP contribution in [0.5, 0.6) is 28.7 Å². The smallest absolute Gasteiger partial charge is 0.203 e. The molecule has 0 atom stereocenters. The van der Waals surface area contributed by atoms with Crippen molar-refractivity contribution in [1.82, 2.24) is 0 Å². The molecule has 0 radical (unpaired) electrons. The van der Waals surface area contributed by atoms with Gasteiger partial charge in [-0.2, -0.15) is 11.3 Å². The summed E-state index contributed by atoms with van der Waals surface area (Å²) in [5.74, 6) is 3.41. The average molecular weight is 384 g/mol. The van der Waals surface area contributed by atoms with Gasteiger partial charge in [0.2, 0.25) is 5.75 Å². The molecule has 0 aliphatic carbocycles. The van der Waals surface area contributed by atoms with Gasteiger partial charge in [0.15, 0.2) is 23.0 Å². The SMILES string of the molecule is COc1cc(-c2cscc2-c2ccc3c(c2)OCCO3)cc(OC)c1OC. The second kappa shape index (κ2) is 7.40. The van der Waals surface area contributed by atoms with Crippen molar-refractivity contribution < 1.29 is 23.7 Å². The van der Waals surface area contributed by atoms with Crippen LogP contribution in [0, 0.1) is 0 Å². The van der Waals surface area contributed by atoms with E-state index in [9.17, 15) is 0 Å². The number of fused-ring (bicyclic) bond motifs is 1. The van der Waals surface area contributed by atoms with Gasteiger partial charge in [0.05, 0.1) is 21.3 Å². The minimum absolute atomic E-state index is 0.569. The molecule has 5 nitrogen and oxygen atoms in total. The van der Waals surface area contributed by atoms with Gasteiger partial charge in [-0.15, -0.1) is 0 Å². The number of hydrogen-bond acceptors (Lipinski definition) is 6. The van der Waals surface area contributed by atoms with Crippen LogP contribution in [0.2, 0.25) is 0 Å². The van der Waals surface area contributed by atoms with Crippen LogP contribution in [0.25, 0.3) is 22.3 Å². The van der Waals surface area contributed by atoms with Crippen molar-refractivity contribution in [2.45, 2.75) is 0 Å².